The maximum Gasteiger partial charge on any atom is 0.311 e. The van der Waals surface area contributed by atoms with Crippen molar-refractivity contribution in [3.05, 3.63) is 71.1 Å². The molecular weight excluding hydrogens is 747 g/mol. The number of aliphatic hydroxyl groups is 3. The van der Waals surface area contributed by atoms with Crippen molar-refractivity contribution < 1.29 is 43.9 Å². The van der Waals surface area contributed by atoms with Gasteiger partial charge >= 0.3 is 17.9 Å². The number of hydrogen-bond donors (Lipinski definition) is 3. The SMILES string of the molecule is C#CCC(C(=O)OCc1cnc(C)c(OC(=O)CCC/C=C\C[C@@H]2[C@@H](CC[C@@H](O)CCc3ccccc3)[C@H](O)C[C@@H]2O)c1COC(=O)C(CC#C)C(C)CC)C(C)CC. The molecule has 0 spiro atoms. The van der Waals surface area contributed by atoms with Crippen molar-refractivity contribution in [3.8, 4) is 30.4 Å². The van der Waals surface area contributed by atoms with Gasteiger partial charge < -0.3 is 29.5 Å². The first-order valence-corrected chi connectivity index (χ1v) is 21.5. The summed E-state index contributed by atoms with van der Waals surface area (Å²) in [6.07, 6.45) is 21.5. The van der Waals surface area contributed by atoms with E-state index in [9.17, 15) is 29.7 Å². The van der Waals surface area contributed by atoms with Crippen LogP contribution in [0, 0.1) is 67.1 Å². The van der Waals surface area contributed by atoms with Crippen molar-refractivity contribution in [3.63, 3.8) is 0 Å². The number of unbranched alkanes of at least 4 members (excludes halogenated alkanes) is 1. The molecule has 322 valence electrons. The van der Waals surface area contributed by atoms with Gasteiger partial charge in [0, 0.05) is 36.6 Å². The van der Waals surface area contributed by atoms with Crippen LogP contribution in [0.3, 0.4) is 0 Å². The number of allylic oxidation sites excluding steroid dienone is 2. The number of ether oxygens (including phenoxy) is 3. The summed E-state index contributed by atoms with van der Waals surface area (Å²) < 4.78 is 17.4. The second kappa shape index (κ2) is 25.9. The van der Waals surface area contributed by atoms with Gasteiger partial charge in [0.2, 0.25) is 0 Å². The zero-order valence-electron chi connectivity index (χ0n) is 35.8. The molecule has 1 aromatic carbocycles. The molecule has 0 amide bonds. The van der Waals surface area contributed by atoms with E-state index in [-0.39, 0.29) is 61.9 Å². The molecule has 0 saturated heterocycles. The number of carbonyl (C=O) groups is 3. The molecule has 0 aliphatic heterocycles. The van der Waals surface area contributed by atoms with Crippen LogP contribution in [-0.2, 0) is 43.5 Å². The molecule has 1 saturated carbocycles. The van der Waals surface area contributed by atoms with E-state index >= 15 is 0 Å². The maximum atomic E-state index is 13.3. The molecular formula is C49H67NO9. The monoisotopic (exact) mass is 813 g/mol. The van der Waals surface area contributed by atoms with Gasteiger partial charge in [0.05, 0.1) is 35.8 Å². The van der Waals surface area contributed by atoms with E-state index in [1.54, 1.807) is 6.92 Å². The van der Waals surface area contributed by atoms with Gasteiger partial charge in [0.25, 0.3) is 0 Å². The molecule has 4 unspecified atom stereocenters. The van der Waals surface area contributed by atoms with E-state index in [1.165, 1.54) is 11.8 Å². The first kappa shape index (κ1) is 48.9. The van der Waals surface area contributed by atoms with Gasteiger partial charge in [-0.25, -0.2) is 0 Å². The lowest BCUT2D eigenvalue weighted by Crippen LogP contribution is -2.25. The highest BCUT2D eigenvalue weighted by molar-refractivity contribution is 5.75. The summed E-state index contributed by atoms with van der Waals surface area (Å²) in [5.41, 5.74) is 2.39. The van der Waals surface area contributed by atoms with Crippen LogP contribution < -0.4 is 4.74 Å². The lowest BCUT2D eigenvalue weighted by molar-refractivity contribution is -0.153. The van der Waals surface area contributed by atoms with Crippen LogP contribution in [0.2, 0.25) is 0 Å². The molecule has 1 aromatic heterocycles. The molecule has 1 fully saturated rings. The van der Waals surface area contributed by atoms with Crippen molar-refractivity contribution in [2.45, 2.75) is 150 Å². The molecule has 10 nitrogen and oxygen atoms in total. The lowest BCUT2D eigenvalue weighted by Gasteiger charge is -2.23. The van der Waals surface area contributed by atoms with Gasteiger partial charge in [-0.3, -0.25) is 19.4 Å². The summed E-state index contributed by atoms with van der Waals surface area (Å²) >= 11 is 0. The number of rotatable bonds is 25. The Bertz CT molecular complexity index is 1730. The highest BCUT2D eigenvalue weighted by Gasteiger charge is 2.40. The van der Waals surface area contributed by atoms with Crippen LogP contribution in [0.1, 0.15) is 127 Å². The number of aromatic nitrogens is 1. The third kappa shape index (κ3) is 15.6. The minimum atomic E-state index is -0.622. The van der Waals surface area contributed by atoms with Crippen LogP contribution in [0.25, 0.3) is 0 Å². The van der Waals surface area contributed by atoms with Crippen LogP contribution in [-0.4, -0.2) is 56.5 Å². The number of esters is 3. The van der Waals surface area contributed by atoms with E-state index in [0.717, 1.165) is 19.3 Å². The van der Waals surface area contributed by atoms with Gasteiger partial charge in [-0.2, -0.15) is 0 Å². The maximum absolute atomic E-state index is 13.3. The fourth-order valence-electron chi connectivity index (χ4n) is 7.77. The lowest BCUT2D eigenvalue weighted by atomic mass is 9.85. The second-order valence-corrected chi connectivity index (χ2v) is 16.2. The Morgan fingerprint density at radius 3 is 2.12 bits per heavy atom. The van der Waals surface area contributed by atoms with Gasteiger partial charge in [-0.15, -0.1) is 24.7 Å². The van der Waals surface area contributed by atoms with Gasteiger partial charge in [0.1, 0.15) is 13.2 Å². The number of aliphatic hydroxyl groups excluding tert-OH is 3. The Labute approximate surface area is 352 Å². The second-order valence-electron chi connectivity index (χ2n) is 16.2. The van der Waals surface area contributed by atoms with Crippen molar-refractivity contribution in [1.82, 2.24) is 4.98 Å². The summed E-state index contributed by atoms with van der Waals surface area (Å²) in [5.74, 6) is 2.66. The zero-order valence-corrected chi connectivity index (χ0v) is 35.8. The van der Waals surface area contributed by atoms with E-state index in [0.29, 0.717) is 61.8 Å². The average Bonchev–Trinajstić information content (AvgIpc) is 3.50. The largest absolute Gasteiger partial charge is 0.460 e. The standard InChI is InChI=1S/C49H67NO9/c1-8-19-39(33(5)10-3)48(55)57-31-37-30-50-35(7)47(43(37)32-58-49(56)40(20-9-2)34(6)11-4)59-46(54)24-18-13-12-17-23-41-42(45(53)29-44(41)52)28-27-38(51)26-25-36-21-15-14-16-22-36/h1-2,12,14-17,21-22,30,33-34,38-42,44-45,51-53H,10-11,13,18-20,23-29,31-32H2,3-7H3/b17-12-/t33?,34?,38-,39?,40?,41+,42+,44-,45+/m0/s1. The number of aryl methyl sites for hydroxylation is 2. The molecule has 9 atom stereocenters. The number of terminal acetylenes is 2. The smallest absolute Gasteiger partial charge is 0.311 e. The fraction of sp³-hybridized carbons (Fsp3) is 0.592. The number of benzene rings is 1. The third-order valence-electron chi connectivity index (χ3n) is 12.1. The first-order valence-electron chi connectivity index (χ1n) is 21.5. The molecule has 2 aromatic rings. The predicted octanol–water partition coefficient (Wildman–Crippen LogP) is 8.00. The molecule has 3 N–H and O–H groups in total. The molecule has 10 heteroatoms. The van der Waals surface area contributed by atoms with E-state index in [2.05, 4.69) is 16.8 Å². The quantitative estimate of drug-likeness (QED) is 0.0389. The van der Waals surface area contributed by atoms with Crippen LogP contribution in [0.5, 0.6) is 5.75 Å². The molecule has 1 heterocycles. The summed E-state index contributed by atoms with van der Waals surface area (Å²) in [5, 5.41) is 32.1. The summed E-state index contributed by atoms with van der Waals surface area (Å²) in [6, 6.07) is 10.0. The zero-order chi connectivity index (χ0) is 43.3. The number of carbonyl (C=O) groups excluding carboxylic acids is 3. The van der Waals surface area contributed by atoms with E-state index in [1.807, 2.05) is 70.2 Å². The molecule has 1 aliphatic rings. The van der Waals surface area contributed by atoms with Gasteiger partial charge in [0.15, 0.2) is 5.75 Å². The Morgan fingerprint density at radius 2 is 1.51 bits per heavy atom. The van der Waals surface area contributed by atoms with Crippen LogP contribution in [0.4, 0.5) is 0 Å². The van der Waals surface area contributed by atoms with Crippen molar-refractivity contribution in [2.24, 2.45) is 35.5 Å². The van der Waals surface area contributed by atoms with Crippen LogP contribution >= 0.6 is 0 Å². The van der Waals surface area contributed by atoms with Crippen LogP contribution in [0.15, 0.2) is 48.7 Å². The van der Waals surface area contributed by atoms with Crippen molar-refractivity contribution in [1.29, 1.82) is 0 Å². The average molecular weight is 814 g/mol. The van der Waals surface area contributed by atoms with E-state index < -0.39 is 48.1 Å². The predicted molar refractivity (Wildman–Crippen MR) is 228 cm³/mol. The number of hydrogen-bond acceptors (Lipinski definition) is 10. The summed E-state index contributed by atoms with van der Waals surface area (Å²) in [7, 11) is 0. The molecule has 0 bridgehead atoms. The molecule has 59 heavy (non-hydrogen) atoms. The topological polar surface area (TPSA) is 152 Å². The summed E-state index contributed by atoms with van der Waals surface area (Å²) in [4.78, 5) is 44.1. The van der Waals surface area contributed by atoms with Gasteiger partial charge in [-0.05, 0) is 87.5 Å². The Kier molecular flexibility index (Phi) is 21.4. The Morgan fingerprint density at radius 1 is 0.898 bits per heavy atom. The number of nitrogens with zero attached hydrogens (tertiary/aromatic N) is 1. The Balaban J connectivity index is 1.63. The summed E-state index contributed by atoms with van der Waals surface area (Å²) in [6.45, 7) is 9.10. The normalized spacial score (nSPS) is 20.2. The van der Waals surface area contributed by atoms with Crippen molar-refractivity contribution in [2.75, 3.05) is 0 Å². The fourth-order valence-corrected chi connectivity index (χ4v) is 7.77. The highest BCUT2D eigenvalue weighted by atomic mass is 16.6. The Hall–Kier alpha value is -4.48. The first-order chi connectivity index (χ1) is 28.3. The third-order valence-corrected chi connectivity index (χ3v) is 12.1. The van der Waals surface area contributed by atoms with Crippen molar-refractivity contribution >= 4 is 17.9 Å². The molecule has 0 radical (unpaired) electrons. The number of pyridine rings is 1. The highest BCUT2D eigenvalue weighted by Crippen LogP contribution is 2.39. The molecule has 1 aliphatic carbocycles. The van der Waals surface area contributed by atoms with Gasteiger partial charge in [-0.1, -0.05) is 83.0 Å². The van der Waals surface area contributed by atoms with E-state index in [4.69, 9.17) is 27.1 Å². The minimum absolute atomic E-state index is 0.00904. The molecule has 3 rings (SSSR count). The minimum Gasteiger partial charge on any atom is -0.460 e.